The second-order valence-corrected chi connectivity index (χ2v) is 5.65. The summed E-state index contributed by atoms with van der Waals surface area (Å²) in [5, 5.41) is 18.7. The summed E-state index contributed by atoms with van der Waals surface area (Å²) in [6, 6.07) is 16.8. The molecular weight excluding hydrogens is 423 g/mol. The molecule has 152 valence electrons. The van der Waals surface area contributed by atoms with E-state index < -0.39 is 0 Å². The van der Waals surface area contributed by atoms with Crippen molar-refractivity contribution in [1.82, 2.24) is 0 Å². The fourth-order valence-electron chi connectivity index (χ4n) is 1.70. The average molecular weight is 458 g/mol. The van der Waals surface area contributed by atoms with Crippen molar-refractivity contribution < 1.29 is 34.4 Å². The van der Waals surface area contributed by atoms with Gasteiger partial charge in [-0.3, -0.25) is 0 Å². The summed E-state index contributed by atoms with van der Waals surface area (Å²) in [4.78, 5) is 0. The van der Waals surface area contributed by atoms with E-state index in [4.69, 9.17) is 0 Å². The topological polar surface area (TPSA) is 46.1 Å². The molecule has 0 bridgehead atoms. The van der Waals surface area contributed by atoms with Gasteiger partial charge in [0.25, 0.3) is 0 Å². The fraction of sp³-hybridized carbons (Fsp3) is 0.240. The van der Waals surface area contributed by atoms with Crippen LogP contribution in [0.3, 0.4) is 0 Å². The van der Waals surface area contributed by atoms with Gasteiger partial charge in [-0.05, 0) is 12.8 Å². The van der Waals surface area contributed by atoms with Crippen molar-refractivity contribution in [2.24, 2.45) is 0 Å². The normalized spacial score (nSPS) is 8.00. The van der Waals surface area contributed by atoms with E-state index in [-0.39, 0.29) is 11.5 Å². The maximum atomic E-state index is 9.33. The number of allylic oxidation sites excluding steroid dienone is 4. The molecule has 0 heterocycles. The molecule has 0 aromatic heterocycles. The molecule has 0 atom stereocenters. The zero-order valence-corrected chi connectivity index (χ0v) is 19.9. The Labute approximate surface area is 187 Å². The standard InChI is InChI=1S/2C9H11.2C3H6O.CH2.Zr/c2*1-2-3-6-9-7-4-5-8-9;2*1-3(2)4;;/h2*2,4-5,7-8H,1,3,6H2;2*4H,1H2,2H3;1H2;/q2*-1;;;;+2/p-2. The third-order valence-corrected chi connectivity index (χ3v) is 2.74. The molecular formula is C25H34O2Zr-2. The Balaban J connectivity index is -0.000000309. The van der Waals surface area contributed by atoms with E-state index in [0.717, 1.165) is 25.7 Å². The van der Waals surface area contributed by atoms with Crippen molar-refractivity contribution in [2.75, 3.05) is 0 Å². The predicted octanol–water partition coefficient (Wildman–Crippen LogP) is 4.77. The second-order valence-electron chi connectivity index (χ2n) is 5.65. The molecule has 2 rings (SSSR count). The SMILES string of the molecule is C=C(C)[O-].C=C(C)[O-].C=CCCc1cc[cH-]c1.C=CCCc1cc[cH-]c1.[CH2]=[Zr+2]. The molecule has 0 spiro atoms. The molecule has 0 radical (unpaired) electrons. The van der Waals surface area contributed by atoms with Crippen LogP contribution in [0.25, 0.3) is 0 Å². The molecule has 28 heavy (non-hydrogen) atoms. The Hall–Kier alpha value is -1.99. The minimum atomic E-state index is -0.0833. The van der Waals surface area contributed by atoms with Crippen LogP contribution in [0.4, 0.5) is 0 Å². The predicted molar refractivity (Wildman–Crippen MR) is 118 cm³/mol. The van der Waals surface area contributed by atoms with Gasteiger partial charge in [-0.1, -0.05) is 38.8 Å². The van der Waals surface area contributed by atoms with Crippen molar-refractivity contribution in [1.29, 1.82) is 0 Å². The molecule has 2 aromatic rings. The van der Waals surface area contributed by atoms with Crippen molar-refractivity contribution >= 4 is 4.21 Å². The van der Waals surface area contributed by atoms with Crippen LogP contribution in [-0.4, -0.2) is 4.21 Å². The maximum absolute atomic E-state index is 9.33. The summed E-state index contributed by atoms with van der Waals surface area (Å²) in [5.41, 5.74) is 2.82. The van der Waals surface area contributed by atoms with Gasteiger partial charge in [0.1, 0.15) is 0 Å². The van der Waals surface area contributed by atoms with Gasteiger partial charge in [-0.2, -0.15) is 47.5 Å². The average Bonchev–Trinajstić information content (AvgIpc) is 3.33. The van der Waals surface area contributed by atoms with E-state index in [1.807, 2.05) is 12.2 Å². The summed E-state index contributed by atoms with van der Waals surface area (Å²) in [5.74, 6) is -0.167. The Morgan fingerprint density at radius 1 is 0.857 bits per heavy atom. The van der Waals surface area contributed by atoms with Crippen LogP contribution >= 0.6 is 0 Å². The molecule has 0 amide bonds. The summed E-state index contributed by atoms with van der Waals surface area (Å²) in [6.45, 7) is 16.2. The van der Waals surface area contributed by atoms with Crippen LogP contribution in [0, 0.1) is 0 Å². The van der Waals surface area contributed by atoms with Crippen molar-refractivity contribution in [2.45, 2.75) is 39.5 Å². The summed E-state index contributed by atoms with van der Waals surface area (Å²) in [7, 11) is 0. The van der Waals surface area contributed by atoms with Crippen LogP contribution in [0.1, 0.15) is 37.8 Å². The van der Waals surface area contributed by atoms with E-state index in [0.29, 0.717) is 0 Å². The van der Waals surface area contributed by atoms with Crippen LogP contribution in [0.2, 0.25) is 0 Å². The van der Waals surface area contributed by atoms with Gasteiger partial charge in [-0.25, -0.2) is 12.1 Å². The molecule has 0 aliphatic carbocycles. The van der Waals surface area contributed by atoms with E-state index in [2.05, 4.69) is 79.1 Å². The van der Waals surface area contributed by atoms with E-state index in [1.54, 1.807) is 0 Å². The summed E-state index contributed by atoms with van der Waals surface area (Å²) in [6.07, 6.45) is 8.35. The number of aryl methyl sites for hydroxylation is 2. The first-order chi connectivity index (χ1) is 13.3. The molecule has 0 saturated carbocycles. The van der Waals surface area contributed by atoms with E-state index in [1.165, 1.54) is 49.2 Å². The van der Waals surface area contributed by atoms with Crippen LogP contribution in [0.5, 0.6) is 0 Å². The zero-order valence-electron chi connectivity index (χ0n) is 17.5. The van der Waals surface area contributed by atoms with Gasteiger partial charge in [-0.15, -0.1) is 37.8 Å². The molecule has 0 saturated heterocycles. The third kappa shape index (κ3) is 31.8. The Bertz CT molecular complexity index is 530. The van der Waals surface area contributed by atoms with Gasteiger partial charge < -0.3 is 10.2 Å². The first kappa shape index (κ1) is 30.7. The van der Waals surface area contributed by atoms with Crippen LogP contribution < -0.4 is 10.2 Å². The summed E-state index contributed by atoms with van der Waals surface area (Å²) < 4.78 is 3.34. The fourth-order valence-corrected chi connectivity index (χ4v) is 1.70. The monoisotopic (exact) mass is 456 g/mol. The Morgan fingerprint density at radius 2 is 1.14 bits per heavy atom. The molecule has 0 aliphatic heterocycles. The molecule has 3 heteroatoms. The van der Waals surface area contributed by atoms with Gasteiger partial charge in [0.05, 0.1) is 0 Å². The van der Waals surface area contributed by atoms with Gasteiger partial charge in [0.2, 0.25) is 0 Å². The van der Waals surface area contributed by atoms with Gasteiger partial charge >= 0.3 is 28.4 Å². The van der Waals surface area contributed by atoms with Crippen molar-refractivity contribution in [3.8, 4) is 0 Å². The zero-order chi connectivity index (χ0) is 22.2. The van der Waals surface area contributed by atoms with Gasteiger partial charge in [0, 0.05) is 0 Å². The minimum absolute atomic E-state index is 0.0833. The van der Waals surface area contributed by atoms with Crippen LogP contribution in [-0.2, 0) is 37.1 Å². The Morgan fingerprint density at radius 3 is 1.32 bits per heavy atom. The first-order valence-electron chi connectivity index (χ1n) is 8.96. The van der Waals surface area contributed by atoms with Crippen molar-refractivity contribution in [3.05, 3.63) is 110 Å². The second kappa shape index (κ2) is 25.0. The molecule has 0 unspecified atom stereocenters. The number of hydrogen-bond donors (Lipinski definition) is 0. The molecule has 2 aromatic carbocycles. The van der Waals surface area contributed by atoms with Crippen molar-refractivity contribution in [3.63, 3.8) is 0 Å². The molecule has 0 aliphatic rings. The van der Waals surface area contributed by atoms with Crippen LogP contribution in [0.15, 0.2) is 98.5 Å². The summed E-state index contributed by atoms with van der Waals surface area (Å²) >= 11 is 1.30. The molecule has 0 fully saturated rings. The number of hydrogen-bond acceptors (Lipinski definition) is 2. The van der Waals surface area contributed by atoms with E-state index >= 15 is 0 Å². The third-order valence-electron chi connectivity index (χ3n) is 2.74. The molecule has 2 nitrogen and oxygen atoms in total. The Kier molecular flexibility index (Phi) is 27.5. The number of rotatable bonds is 6. The molecule has 0 N–H and O–H groups in total. The van der Waals surface area contributed by atoms with Gasteiger partial charge in [0.15, 0.2) is 0 Å². The van der Waals surface area contributed by atoms with E-state index in [9.17, 15) is 10.2 Å². The first-order valence-corrected chi connectivity index (χ1v) is 10.7. The quantitative estimate of drug-likeness (QED) is 0.356.